The van der Waals surface area contributed by atoms with Crippen LogP contribution < -0.4 is 11.1 Å². The fraction of sp³-hybridized carbons (Fsp3) is 1.00. The van der Waals surface area contributed by atoms with Crippen LogP contribution in [0.15, 0.2) is 0 Å². The number of ether oxygens (including phenoxy) is 1. The number of hydrogen-bond donors (Lipinski definition) is 4. The topological polar surface area (TPSA) is 87.7 Å². The van der Waals surface area contributed by atoms with Crippen molar-refractivity contribution in [1.82, 2.24) is 5.32 Å². The van der Waals surface area contributed by atoms with Gasteiger partial charge in [-0.1, -0.05) is 6.92 Å². The normalized spacial score (nSPS) is 17.8. The van der Waals surface area contributed by atoms with Crippen molar-refractivity contribution in [2.45, 2.75) is 38.5 Å². The first-order chi connectivity index (χ1) is 6.66. The summed E-state index contributed by atoms with van der Waals surface area (Å²) < 4.78 is 5.13. The zero-order valence-corrected chi connectivity index (χ0v) is 8.99. The molecule has 0 radical (unpaired) electrons. The first kappa shape index (κ1) is 13.8. The van der Waals surface area contributed by atoms with Crippen LogP contribution in [0.3, 0.4) is 0 Å². The summed E-state index contributed by atoms with van der Waals surface area (Å²) in [7, 11) is 0. The van der Waals surface area contributed by atoms with Gasteiger partial charge in [0, 0.05) is 6.61 Å². The third-order valence-corrected chi connectivity index (χ3v) is 2.45. The zero-order chi connectivity index (χ0) is 11.0. The summed E-state index contributed by atoms with van der Waals surface area (Å²) in [6, 6.07) is 0. The number of nitrogens with two attached hydrogens (primary N) is 1. The van der Waals surface area contributed by atoms with Crippen molar-refractivity contribution in [3.8, 4) is 0 Å². The molecule has 0 aliphatic carbocycles. The molecular weight excluding hydrogens is 184 g/mol. The predicted octanol–water partition coefficient (Wildman–Crippen LogP) is -0.622. The Kier molecular flexibility index (Phi) is 7.04. The van der Waals surface area contributed by atoms with Gasteiger partial charge in [-0.05, 0) is 26.3 Å². The maximum atomic E-state index is 9.77. The maximum Gasteiger partial charge on any atom is 0.172 e. The lowest BCUT2D eigenvalue weighted by molar-refractivity contribution is -0.156. The average Bonchev–Trinajstić information content (AvgIpc) is 2.17. The number of aliphatic hydroxyl groups excluding tert-OH is 2. The molecule has 0 heterocycles. The molecule has 5 N–H and O–H groups in total. The summed E-state index contributed by atoms with van der Waals surface area (Å²) in [6.45, 7) is 4.40. The second-order valence-corrected chi connectivity index (χ2v) is 3.19. The van der Waals surface area contributed by atoms with Gasteiger partial charge in [0.05, 0.1) is 12.3 Å². The van der Waals surface area contributed by atoms with Crippen LogP contribution in [0.5, 0.6) is 0 Å². The second-order valence-electron chi connectivity index (χ2n) is 3.19. The molecule has 0 rings (SSSR count). The molecule has 2 atom stereocenters. The molecule has 2 unspecified atom stereocenters. The Morgan fingerprint density at radius 1 is 1.50 bits per heavy atom. The van der Waals surface area contributed by atoms with E-state index in [1.807, 2.05) is 13.8 Å². The van der Waals surface area contributed by atoms with Crippen molar-refractivity contribution < 1.29 is 14.9 Å². The molecular formula is C9H22N2O3. The first-order valence-electron chi connectivity index (χ1n) is 5.02. The fourth-order valence-electron chi connectivity index (χ4n) is 1.51. The minimum atomic E-state index is -0.937. The molecule has 0 amide bonds. The van der Waals surface area contributed by atoms with Gasteiger partial charge in [-0.2, -0.15) is 0 Å². The summed E-state index contributed by atoms with van der Waals surface area (Å²) in [6.07, 6.45) is 0.269. The summed E-state index contributed by atoms with van der Waals surface area (Å²) in [5.74, 6) is 0. The van der Waals surface area contributed by atoms with E-state index in [1.54, 1.807) is 0 Å². The van der Waals surface area contributed by atoms with E-state index < -0.39 is 11.8 Å². The molecule has 0 aliphatic heterocycles. The van der Waals surface area contributed by atoms with Gasteiger partial charge < -0.3 is 20.7 Å². The minimum absolute atomic E-state index is 0.196. The average molecular weight is 206 g/mol. The zero-order valence-electron chi connectivity index (χ0n) is 8.99. The molecule has 14 heavy (non-hydrogen) atoms. The van der Waals surface area contributed by atoms with Crippen LogP contribution in [0.1, 0.15) is 26.7 Å². The predicted molar refractivity (Wildman–Crippen MR) is 54.5 cm³/mol. The van der Waals surface area contributed by atoms with Gasteiger partial charge in [-0.25, -0.2) is 0 Å². The molecule has 5 heteroatoms. The van der Waals surface area contributed by atoms with Gasteiger partial charge in [0.2, 0.25) is 0 Å². The van der Waals surface area contributed by atoms with E-state index in [-0.39, 0.29) is 6.73 Å². The largest absolute Gasteiger partial charge is 0.381 e. The number of nitrogens with one attached hydrogen (secondary N) is 1. The molecule has 86 valence electrons. The van der Waals surface area contributed by atoms with Gasteiger partial charge >= 0.3 is 0 Å². The van der Waals surface area contributed by atoms with E-state index in [4.69, 9.17) is 15.6 Å². The number of rotatable bonds is 8. The first-order valence-corrected chi connectivity index (χ1v) is 5.02. The highest BCUT2D eigenvalue weighted by molar-refractivity contribution is 4.89. The third-order valence-electron chi connectivity index (χ3n) is 2.45. The molecule has 0 saturated heterocycles. The van der Waals surface area contributed by atoms with Crippen LogP contribution in [-0.4, -0.2) is 41.9 Å². The monoisotopic (exact) mass is 206 g/mol. The van der Waals surface area contributed by atoms with Crippen LogP contribution in [0.25, 0.3) is 0 Å². The van der Waals surface area contributed by atoms with Crippen LogP contribution in [0, 0.1) is 0 Å². The molecule has 0 bridgehead atoms. The highest BCUT2D eigenvalue weighted by atomic mass is 16.6. The molecule has 0 aromatic rings. The Labute approximate surface area is 85.3 Å². The SMILES string of the molecule is CCOC(O)C(CC)(CCN)NCO. The Bertz CT molecular complexity index is 138. The van der Waals surface area contributed by atoms with E-state index in [0.29, 0.717) is 26.0 Å². The summed E-state index contributed by atoms with van der Waals surface area (Å²) in [5.41, 5.74) is 4.83. The van der Waals surface area contributed by atoms with Crippen molar-refractivity contribution >= 4 is 0 Å². The van der Waals surface area contributed by atoms with Crippen molar-refractivity contribution in [2.24, 2.45) is 5.73 Å². The van der Waals surface area contributed by atoms with Gasteiger partial charge in [-0.15, -0.1) is 0 Å². The standard InChI is InChI=1S/C9H22N2O3/c1-3-9(5-6-10,11-7-12)8(13)14-4-2/h8,11-13H,3-7,10H2,1-2H3. The van der Waals surface area contributed by atoms with Crippen molar-refractivity contribution in [2.75, 3.05) is 19.9 Å². The third kappa shape index (κ3) is 3.51. The Morgan fingerprint density at radius 3 is 2.50 bits per heavy atom. The highest BCUT2D eigenvalue weighted by Crippen LogP contribution is 2.20. The lowest BCUT2D eigenvalue weighted by Crippen LogP contribution is -2.56. The molecule has 0 saturated carbocycles. The van der Waals surface area contributed by atoms with Crippen LogP contribution in [0.4, 0.5) is 0 Å². The Hall–Kier alpha value is -0.200. The number of hydrogen-bond acceptors (Lipinski definition) is 5. The quantitative estimate of drug-likeness (QED) is 0.397. The van der Waals surface area contributed by atoms with Crippen molar-refractivity contribution in [3.05, 3.63) is 0 Å². The fourth-order valence-corrected chi connectivity index (χ4v) is 1.51. The summed E-state index contributed by atoms with van der Waals surface area (Å²) >= 11 is 0. The van der Waals surface area contributed by atoms with Crippen LogP contribution in [-0.2, 0) is 4.74 Å². The lowest BCUT2D eigenvalue weighted by atomic mass is 9.91. The highest BCUT2D eigenvalue weighted by Gasteiger charge is 2.35. The molecule has 5 nitrogen and oxygen atoms in total. The molecule has 0 aliphatic rings. The van der Waals surface area contributed by atoms with Gasteiger partial charge in [0.1, 0.15) is 0 Å². The van der Waals surface area contributed by atoms with Gasteiger partial charge in [0.25, 0.3) is 0 Å². The lowest BCUT2D eigenvalue weighted by Gasteiger charge is -2.37. The summed E-state index contributed by atoms with van der Waals surface area (Å²) in [4.78, 5) is 0. The smallest absolute Gasteiger partial charge is 0.172 e. The van der Waals surface area contributed by atoms with Gasteiger partial charge in [0.15, 0.2) is 6.29 Å². The Morgan fingerprint density at radius 2 is 2.14 bits per heavy atom. The number of aliphatic hydroxyl groups is 2. The van der Waals surface area contributed by atoms with Crippen molar-refractivity contribution in [1.29, 1.82) is 0 Å². The van der Waals surface area contributed by atoms with Crippen LogP contribution in [0.2, 0.25) is 0 Å². The molecule has 0 aromatic carbocycles. The van der Waals surface area contributed by atoms with E-state index in [0.717, 1.165) is 0 Å². The molecule has 0 spiro atoms. The minimum Gasteiger partial charge on any atom is -0.381 e. The van der Waals surface area contributed by atoms with E-state index >= 15 is 0 Å². The summed E-state index contributed by atoms with van der Waals surface area (Å²) in [5, 5.41) is 21.5. The van der Waals surface area contributed by atoms with E-state index in [2.05, 4.69) is 5.32 Å². The molecule has 0 aromatic heterocycles. The Balaban J connectivity index is 4.45. The van der Waals surface area contributed by atoms with Crippen molar-refractivity contribution in [3.63, 3.8) is 0 Å². The second kappa shape index (κ2) is 7.14. The van der Waals surface area contributed by atoms with Crippen LogP contribution >= 0.6 is 0 Å². The van der Waals surface area contributed by atoms with Gasteiger partial charge in [-0.3, -0.25) is 5.32 Å². The maximum absolute atomic E-state index is 9.77. The van der Waals surface area contributed by atoms with E-state index in [9.17, 15) is 5.11 Å². The van der Waals surface area contributed by atoms with E-state index in [1.165, 1.54) is 0 Å². The molecule has 0 fully saturated rings.